The predicted octanol–water partition coefficient (Wildman–Crippen LogP) is 6.78. The smallest absolute Gasteiger partial charge is 0.119 e. The Morgan fingerprint density at radius 3 is 1.86 bits per heavy atom. The third-order valence-electron chi connectivity index (χ3n) is 4.27. The highest BCUT2D eigenvalue weighted by molar-refractivity contribution is 5.45. The van der Waals surface area contributed by atoms with Crippen LogP contribution in [0.25, 0.3) is 0 Å². The van der Waals surface area contributed by atoms with Crippen molar-refractivity contribution in [2.75, 3.05) is 13.2 Å². The van der Waals surface area contributed by atoms with Gasteiger partial charge in [0.2, 0.25) is 0 Å². The molecule has 0 radical (unpaired) electrons. The van der Waals surface area contributed by atoms with Gasteiger partial charge in [0.15, 0.2) is 0 Å². The zero-order valence-electron chi connectivity index (χ0n) is 17.2. The summed E-state index contributed by atoms with van der Waals surface area (Å²) in [6, 6.07) is 15.8. The standard InChI is InChI=1S/C26H32O2/c1-3-5-6-7-8-9-10-22-28-26-19-15-24(16-20-26)12-11-23-13-17-25(18-14-23)27-21-4-2/h9-10,13-20H,3-8,21-22H2,1-2H3. The maximum absolute atomic E-state index is 5.75. The molecule has 0 aliphatic carbocycles. The molecule has 0 fully saturated rings. The maximum atomic E-state index is 5.75. The maximum Gasteiger partial charge on any atom is 0.119 e. The van der Waals surface area contributed by atoms with E-state index in [0.29, 0.717) is 6.61 Å². The monoisotopic (exact) mass is 376 g/mol. The molecular formula is C26H32O2. The second kappa shape index (κ2) is 13.5. The van der Waals surface area contributed by atoms with Gasteiger partial charge in [-0.3, -0.25) is 0 Å². The average Bonchev–Trinajstić information content (AvgIpc) is 2.74. The summed E-state index contributed by atoms with van der Waals surface area (Å²) in [6.07, 6.45) is 11.7. The summed E-state index contributed by atoms with van der Waals surface area (Å²) in [7, 11) is 0. The van der Waals surface area contributed by atoms with Crippen molar-refractivity contribution in [2.45, 2.75) is 52.4 Å². The Morgan fingerprint density at radius 1 is 0.679 bits per heavy atom. The van der Waals surface area contributed by atoms with E-state index in [1.165, 1.54) is 25.7 Å². The van der Waals surface area contributed by atoms with Gasteiger partial charge in [0, 0.05) is 11.1 Å². The van der Waals surface area contributed by atoms with Crippen LogP contribution < -0.4 is 9.47 Å². The van der Waals surface area contributed by atoms with Gasteiger partial charge in [0.05, 0.1) is 6.61 Å². The summed E-state index contributed by atoms with van der Waals surface area (Å²) < 4.78 is 11.3. The topological polar surface area (TPSA) is 18.5 Å². The molecule has 2 aromatic rings. The first-order valence-electron chi connectivity index (χ1n) is 10.4. The van der Waals surface area contributed by atoms with Gasteiger partial charge in [-0.15, -0.1) is 0 Å². The van der Waals surface area contributed by atoms with Crippen LogP contribution in [0.1, 0.15) is 63.5 Å². The molecule has 0 saturated heterocycles. The molecule has 0 bridgehead atoms. The Kier molecular flexibility index (Phi) is 10.4. The minimum atomic E-state index is 0.616. The molecule has 28 heavy (non-hydrogen) atoms. The Hall–Kier alpha value is -2.66. The third-order valence-corrected chi connectivity index (χ3v) is 4.27. The molecule has 0 saturated carbocycles. The molecule has 148 valence electrons. The summed E-state index contributed by atoms with van der Waals surface area (Å²) in [5.41, 5.74) is 1.96. The highest BCUT2D eigenvalue weighted by Gasteiger charge is 1.94. The van der Waals surface area contributed by atoms with Crippen LogP contribution in [0.5, 0.6) is 11.5 Å². The van der Waals surface area contributed by atoms with Crippen molar-refractivity contribution < 1.29 is 9.47 Å². The van der Waals surface area contributed by atoms with Crippen LogP contribution in [0, 0.1) is 11.8 Å². The van der Waals surface area contributed by atoms with Gasteiger partial charge < -0.3 is 9.47 Å². The fourth-order valence-corrected chi connectivity index (χ4v) is 2.65. The molecule has 2 rings (SSSR count). The Morgan fingerprint density at radius 2 is 1.29 bits per heavy atom. The van der Waals surface area contributed by atoms with E-state index >= 15 is 0 Å². The summed E-state index contributed by atoms with van der Waals surface area (Å²) in [6.45, 7) is 5.70. The molecule has 0 aliphatic heterocycles. The first-order valence-corrected chi connectivity index (χ1v) is 10.4. The summed E-state index contributed by atoms with van der Waals surface area (Å²) in [5, 5.41) is 0. The summed E-state index contributed by atoms with van der Waals surface area (Å²) in [4.78, 5) is 0. The molecule has 0 aromatic heterocycles. The van der Waals surface area contributed by atoms with Crippen molar-refractivity contribution in [3.05, 3.63) is 71.8 Å². The van der Waals surface area contributed by atoms with Crippen LogP contribution >= 0.6 is 0 Å². The molecule has 0 atom stereocenters. The fourth-order valence-electron chi connectivity index (χ4n) is 2.65. The van der Waals surface area contributed by atoms with Crippen molar-refractivity contribution >= 4 is 0 Å². The predicted molar refractivity (Wildman–Crippen MR) is 118 cm³/mol. The van der Waals surface area contributed by atoms with E-state index in [4.69, 9.17) is 9.47 Å². The van der Waals surface area contributed by atoms with Crippen LogP contribution in [0.2, 0.25) is 0 Å². The largest absolute Gasteiger partial charge is 0.494 e. The zero-order valence-corrected chi connectivity index (χ0v) is 17.2. The van der Waals surface area contributed by atoms with Gasteiger partial charge in [-0.25, -0.2) is 0 Å². The van der Waals surface area contributed by atoms with E-state index in [0.717, 1.165) is 42.1 Å². The van der Waals surface area contributed by atoms with Crippen molar-refractivity contribution in [1.29, 1.82) is 0 Å². The van der Waals surface area contributed by atoms with Crippen LogP contribution in [0.4, 0.5) is 0 Å². The SMILES string of the molecule is CCCCCCC=CCOc1ccc(C#Cc2ccc(OCCC)cc2)cc1. The van der Waals surface area contributed by atoms with Gasteiger partial charge in [-0.1, -0.05) is 57.1 Å². The van der Waals surface area contributed by atoms with Crippen LogP contribution in [0.15, 0.2) is 60.7 Å². The van der Waals surface area contributed by atoms with Gasteiger partial charge in [0.1, 0.15) is 18.1 Å². The first kappa shape index (κ1) is 21.6. The lowest BCUT2D eigenvalue weighted by molar-refractivity contribution is 0.317. The lowest BCUT2D eigenvalue weighted by Gasteiger charge is -2.03. The van der Waals surface area contributed by atoms with Crippen molar-refractivity contribution in [3.63, 3.8) is 0 Å². The fraction of sp³-hybridized carbons (Fsp3) is 0.385. The third kappa shape index (κ3) is 8.82. The number of hydrogen-bond donors (Lipinski definition) is 0. The number of allylic oxidation sites excluding steroid dienone is 1. The van der Waals surface area contributed by atoms with E-state index in [1.54, 1.807) is 0 Å². The highest BCUT2D eigenvalue weighted by Crippen LogP contribution is 2.13. The summed E-state index contributed by atoms with van der Waals surface area (Å²) >= 11 is 0. The number of hydrogen-bond acceptors (Lipinski definition) is 2. The van der Waals surface area contributed by atoms with E-state index in [2.05, 4.69) is 37.8 Å². The molecular weight excluding hydrogens is 344 g/mol. The van der Waals surface area contributed by atoms with Crippen molar-refractivity contribution in [3.8, 4) is 23.3 Å². The van der Waals surface area contributed by atoms with E-state index in [9.17, 15) is 0 Å². The lowest BCUT2D eigenvalue weighted by atomic mass is 10.1. The first-order chi connectivity index (χ1) is 13.8. The lowest BCUT2D eigenvalue weighted by Crippen LogP contribution is -1.94. The Balaban J connectivity index is 1.75. The Bertz CT molecular complexity index is 746. The number of benzene rings is 2. The number of unbranched alkanes of at least 4 members (excludes halogenated alkanes) is 4. The van der Waals surface area contributed by atoms with Gasteiger partial charge in [-0.05, 0) is 67.8 Å². The Labute approximate surface area is 170 Å². The van der Waals surface area contributed by atoms with E-state index in [-0.39, 0.29) is 0 Å². The molecule has 2 aromatic carbocycles. The molecule has 0 N–H and O–H groups in total. The molecule has 2 heteroatoms. The van der Waals surface area contributed by atoms with E-state index < -0.39 is 0 Å². The van der Waals surface area contributed by atoms with Crippen molar-refractivity contribution in [2.24, 2.45) is 0 Å². The van der Waals surface area contributed by atoms with Crippen LogP contribution in [-0.4, -0.2) is 13.2 Å². The van der Waals surface area contributed by atoms with Gasteiger partial charge in [0.25, 0.3) is 0 Å². The van der Waals surface area contributed by atoms with E-state index in [1.807, 2.05) is 48.5 Å². The second-order valence-electron chi connectivity index (χ2n) is 6.78. The number of ether oxygens (including phenoxy) is 2. The molecule has 0 heterocycles. The molecule has 0 spiro atoms. The second-order valence-corrected chi connectivity index (χ2v) is 6.78. The van der Waals surface area contributed by atoms with Crippen LogP contribution in [-0.2, 0) is 0 Å². The minimum Gasteiger partial charge on any atom is -0.494 e. The van der Waals surface area contributed by atoms with Crippen LogP contribution in [0.3, 0.4) is 0 Å². The van der Waals surface area contributed by atoms with Crippen molar-refractivity contribution in [1.82, 2.24) is 0 Å². The molecule has 0 amide bonds. The highest BCUT2D eigenvalue weighted by atomic mass is 16.5. The summed E-state index contributed by atoms with van der Waals surface area (Å²) in [5.74, 6) is 8.14. The zero-order chi connectivity index (χ0) is 19.9. The van der Waals surface area contributed by atoms with Gasteiger partial charge >= 0.3 is 0 Å². The minimum absolute atomic E-state index is 0.616. The number of rotatable bonds is 11. The normalized spacial score (nSPS) is 10.5. The quantitative estimate of drug-likeness (QED) is 0.244. The average molecular weight is 377 g/mol. The van der Waals surface area contributed by atoms with Gasteiger partial charge in [-0.2, -0.15) is 0 Å². The molecule has 2 nitrogen and oxygen atoms in total. The molecule has 0 unspecified atom stereocenters. The molecule has 0 aliphatic rings.